The molecule has 2 aromatic carbocycles. The first-order valence-corrected chi connectivity index (χ1v) is 7.76. The first kappa shape index (κ1) is 17.5. The predicted octanol–water partition coefficient (Wildman–Crippen LogP) is 3.33. The van der Waals surface area contributed by atoms with Gasteiger partial charge in [-0.2, -0.15) is 0 Å². The number of amides is 1. The highest BCUT2D eigenvalue weighted by atomic mass is 16.5. The standard InChI is InChI=1S/C19H21NO4/c1-14(21)20-18-9-6-10-19(17(18)11-12-23-15(2)22)24-13-16-7-4-3-5-8-16/h3-10H,11-13H2,1-2H3,(H,20,21). The van der Waals surface area contributed by atoms with E-state index in [1.54, 1.807) is 6.07 Å². The SMILES string of the molecule is CC(=O)Nc1cccc(OCc2ccccc2)c1CCOC(C)=O. The minimum absolute atomic E-state index is 0.163. The van der Waals surface area contributed by atoms with Crippen molar-refractivity contribution in [2.75, 3.05) is 11.9 Å². The molecule has 0 heterocycles. The van der Waals surface area contributed by atoms with E-state index in [4.69, 9.17) is 9.47 Å². The van der Waals surface area contributed by atoms with Crippen molar-refractivity contribution in [3.63, 3.8) is 0 Å². The smallest absolute Gasteiger partial charge is 0.302 e. The molecule has 2 rings (SSSR count). The van der Waals surface area contributed by atoms with Crippen LogP contribution in [0, 0.1) is 0 Å². The molecule has 0 saturated carbocycles. The molecule has 2 aromatic rings. The van der Waals surface area contributed by atoms with Gasteiger partial charge >= 0.3 is 5.97 Å². The second kappa shape index (κ2) is 8.72. The van der Waals surface area contributed by atoms with Crippen molar-refractivity contribution in [1.29, 1.82) is 0 Å². The third-order valence-electron chi connectivity index (χ3n) is 3.34. The summed E-state index contributed by atoms with van der Waals surface area (Å²) >= 11 is 0. The Balaban J connectivity index is 2.17. The number of hydrogen-bond donors (Lipinski definition) is 1. The van der Waals surface area contributed by atoms with Crippen molar-refractivity contribution in [2.24, 2.45) is 0 Å². The van der Waals surface area contributed by atoms with Crippen LogP contribution in [0.4, 0.5) is 5.69 Å². The fourth-order valence-corrected chi connectivity index (χ4v) is 2.30. The Morgan fingerprint density at radius 3 is 2.42 bits per heavy atom. The van der Waals surface area contributed by atoms with Crippen LogP contribution in [0.25, 0.3) is 0 Å². The monoisotopic (exact) mass is 327 g/mol. The van der Waals surface area contributed by atoms with Crippen LogP contribution < -0.4 is 10.1 Å². The number of nitrogens with one attached hydrogen (secondary N) is 1. The lowest BCUT2D eigenvalue weighted by Gasteiger charge is -2.16. The van der Waals surface area contributed by atoms with Crippen molar-refractivity contribution in [2.45, 2.75) is 26.9 Å². The molecule has 0 atom stereocenters. The zero-order valence-corrected chi connectivity index (χ0v) is 13.9. The molecule has 0 aromatic heterocycles. The molecule has 1 amide bonds. The number of esters is 1. The Morgan fingerprint density at radius 2 is 1.75 bits per heavy atom. The van der Waals surface area contributed by atoms with Gasteiger partial charge in [-0.15, -0.1) is 0 Å². The molecule has 0 fully saturated rings. The van der Waals surface area contributed by atoms with Gasteiger partial charge in [0.2, 0.25) is 5.91 Å². The van der Waals surface area contributed by atoms with Gasteiger partial charge in [0.15, 0.2) is 0 Å². The molecule has 5 nitrogen and oxygen atoms in total. The zero-order valence-electron chi connectivity index (χ0n) is 13.9. The van der Waals surface area contributed by atoms with Crippen molar-refractivity contribution in [1.82, 2.24) is 0 Å². The van der Waals surface area contributed by atoms with Crippen LogP contribution in [-0.2, 0) is 27.4 Å². The van der Waals surface area contributed by atoms with Crippen LogP contribution in [0.5, 0.6) is 5.75 Å². The summed E-state index contributed by atoms with van der Waals surface area (Å²) < 4.78 is 10.9. The molecule has 0 radical (unpaired) electrons. The average molecular weight is 327 g/mol. The number of ether oxygens (including phenoxy) is 2. The summed E-state index contributed by atoms with van der Waals surface area (Å²) in [7, 11) is 0. The summed E-state index contributed by atoms with van der Waals surface area (Å²) in [6, 6.07) is 15.3. The maximum absolute atomic E-state index is 11.4. The molecule has 0 aliphatic rings. The van der Waals surface area contributed by atoms with Gasteiger partial charge < -0.3 is 14.8 Å². The van der Waals surface area contributed by atoms with Gasteiger partial charge in [-0.25, -0.2) is 0 Å². The largest absolute Gasteiger partial charge is 0.489 e. The summed E-state index contributed by atoms with van der Waals surface area (Å²) in [5, 5.41) is 2.79. The number of carbonyl (C=O) groups is 2. The maximum atomic E-state index is 11.4. The number of rotatable bonds is 7. The van der Waals surface area contributed by atoms with Gasteiger partial charge in [0, 0.05) is 31.5 Å². The third kappa shape index (κ3) is 5.43. The van der Waals surface area contributed by atoms with E-state index in [1.807, 2.05) is 42.5 Å². The summed E-state index contributed by atoms with van der Waals surface area (Å²) in [5.41, 5.74) is 2.53. The second-order valence-corrected chi connectivity index (χ2v) is 5.33. The van der Waals surface area contributed by atoms with E-state index in [2.05, 4.69) is 5.32 Å². The van der Waals surface area contributed by atoms with Crippen molar-refractivity contribution in [3.05, 3.63) is 59.7 Å². The molecule has 0 unspecified atom stereocenters. The highest BCUT2D eigenvalue weighted by Crippen LogP contribution is 2.28. The quantitative estimate of drug-likeness (QED) is 0.792. The minimum atomic E-state index is -0.334. The van der Waals surface area contributed by atoms with E-state index in [-0.39, 0.29) is 18.5 Å². The first-order valence-electron chi connectivity index (χ1n) is 7.76. The first-order chi connectivity index (χ1) is 11.6. The topological polar surface area (TPSA) is 64.6 Å². The van der Waals surface area contributed by atoms with Crippen LogP contribution in [0.1, 0.15) is 25.0 Å². The van der Waals surface area contributed by atoms with E-state index < -0.39 is 0 Å². The molecule has 0 spiro atoms. The molecule has 24 heavy (non-hydrogen) atoms. The zero-order chi connectivity index (χ0) is 17.4. The van der Waals surface area contributed by atoms with Crippen LogP contribution in [0.2, 0.25) is 0 Å². The van der Waals surface area contributed by atoms with Gasteiger partial charge in [0.25, 0.3) is 0 Å². The fourth-order valence-electron chi connectivity index (χ4n) is 2.30. The van der Waals surface area contributed by atoms with Crippen molar-refractivity contribution in [3.8, 4) is 5.75 Å². The fraction of sp³-hybridized carbons (Fsp3) is 0.263. The number of anilines is 1. The molecular formula is C19H21NO4. The van der Waals surface area contributed by atoms with E-state index in [0.29, 0.717) is 24.5 Å². The number of hydrogen-bond acceptors (Lipinski definition) is 4. The number of benzene rings is 2. The molecule has 0 aliphatic heterocycles. The van der Waals surface area contributed by atoms with Crippen molar-refractivity contribution >= 4 is 17.6 Å². The molecule has 126 valence electrons. The van der Waals surface area contributed by atoms with Crippen molar-refractivity contribution < 1.29 is 19.1 Å². The van der Waals surface area contributed by atoms with E-state index >= 15 is 0 Å². The van der Waals surface area contributed by atoms with E-state index in [0.717, 1.165) is 11.1 Å². The molecule has 0 aliphatic carbocycles. The summed E-state index contributed by atoms with van der Waals surface area (Å²) in [4.78, 5) is 22.4. The van der Waals surface area contributed by atoms with Gasteiger partial charge in [0.05, 0.1) is 6.61 Å². The Bertz CT molecular complexity index is 698. The van der Waals surface area contributed by atoms with Crippen LogP contribution in [0.15, 0.2) is 48.5 Å². The summed E-state index contributed by atoms with van der Waals surface area (Å²) in [6.07, 6.45) is 0.458. The molecule has 5 heteroatoms. The van der Waals surface area contributed by atoms with Gasteiger partial charge in [0.1, 0.15) is 12.4 Å². The molecule has 1 N–H and O–H groups in total. The lowest BCUT2D eigenvalue weighted by Crippen LogP contribution is -2.12. The Labute approximate surface area is 141 Å². The molecular weight excluding hydrogens is 306 g/mol. The van der Waals surface area contributed by atoms with Crippen LogP contribution >= 0.6 is 0 Å². The Hall–Kier alpha value is -2.82. The predicted molar refractivity (Wildman–Crippen MR) is 91.9 cm³/mol. The third-order valence-corrected chi connectivity index (χ3v) is 3.34. The van der Waals surface area contributed by atoms with Crippen LogP contribution in [-0.4, -0.2) is 18.5 Å². The van der Waals surface area contributed by atoms with Gasteiger partial charge in [-0.3, -0.25) is 9.59 Å². The Morgan fingerprint density at radius 1 is 1.00 bits per heavy atom. The van der Waals surface area contributed by atoms with Gasteiger partial charge in [-0.1, -0.05) is 36.4 Å². The second-order valence-electron chi connectivity index (χ2n) is 5.33. The summed E-state index contributed by atoms with van der Waals surface area (Å²) in [6.45, 7) is 3.47. The van der Waals surface area contributed by atoms with E-state index in [9.17, 15) is 9.59 Å². The Kier molecular flexibility index (Phi) is 6.37. The lowest BCUT2D eigenvalue weighted by atomic mass is 10.1. The van der Waals surface area contributed by atoms with Gasteiger partial charge in [-0.05, 0) is 17.7 Å². The maximum Gasteiger partial charge on any atom is 0.302 e. The molecule has 0 bridgehead atoms. The minimum Gasteiger partial charge on any atom is -0.489 e. The highest BCUT2D eigenvalue weighted by Gasteiger charge is 2.12. The average Bonchev–Trinajstić information content (AvgIpc) is 2.55. The van der Waals surface area contributed by atoms with E-state index in [1.165, 1.54) is 13.8 Å². The normalized spacial score (nSPS) is 10.1. The lowest BCUT2D eigenvalue weighted by molar-refractivity contribution is -0.140. The van der Waals surface area contributed by atoms with Crippen LogP contribution in [0.3, 0.4) is 0 Å². The molecule has 0 saturated heterocycles. The number of carbonyl (C=O) groups excluding carboxylic acids is 2. The summed E-state index contributed by atoms with van der Waals surface area (Å²) in [5.74, 6) is 0.167. The highest BCUT2D eigenvalue weighted by molar-refractivity contribution is 5.90.